The SMILES string of the molecule is COc1cccc(CC(=O)N2CCC(NS(=O)(=O)c3ccccc3)CC2)c1. The maximum absolute atomic E-state index is 12.5. The number of likely N-dealkylation sites (tertiary alicyclic amines) is 1. The quantitative estimate of drug-likeness (QED) is 0.823. The average molecular weight is 388 g/mol. The lowest BCUT2D eigenvalue weighted by molar-refractivity contribution is -0.131. The van der Waals surface area contributed by atoms with E-state index < -0.39 is 10.0 Å². The molecule has 0 spiro atoms. The highest BCUT2D eigenvalue weighted by Crippen LogP contribution is 2.17. The van der Waals surface area contributed by atoms with Gasteiger partial charge in [0.2, 0.25) is 15.9 Å². The van der Waals surface area contributed by atoms with E-state index in [-0.39, 0.29) is 16.8 Å². The Morgan fingerprint density at radius 3 is 2.48 bits per heavy atom. The van der Waals surface area contributed by atoms with E-state index in [1.54, 1.807) is 42.3 Å². The molecular weight excluding hydrogens is 364 g/mol. The van der Waals surface area contributed by atoms with E-state index in [0.29, 0.717) is 32.4 Å². The van der Waals surface area contributed by atoms with Gasteiger partial charge in [0.25, 0.3) is 0 Å². The summed E-state index contributed by atoms with van der Waals surface area (Å²) < 4.78 is 32.8. The number of amides is 1. The first-order valence-electron chi connectivity index (χ1n) is 8.96. The molecule has 3 rings (SSSR count). The van der Waals surface area contributed by atoms with Gasteiger partial charge in [0.15, 0.2) is 0 Å². The number of benzene rings is 2. The van der Waals surface area contributed by atoms with Crippen LogP contribution in [0.3, 0.4) is 0 Å². The lowest BCUT2D eigenvalue weighted by Crippen LogP contribution is -2.46. The minimum absolute atomic E-state index is 0.0487. The third kappa shape index (κ3) is 5.08. The molecule has 6 nitrogen and oxygen atoms in total. The minimum Gasteiger partial charge on any atom is -0.497 e. The number of carbonyl (C=O) groups is 1. The highest BCUT2D eigenvalue weighted by Gasteiger charge is 2.26. The van der Waals surface area contributed by atoms with Crippen LogP contribution in [0, 0.1) is 0 Å². The molecule has 0 aliphatic carbocycles. The van der Waals surface area contributed by atoms with E-state index in [2.05, 4.69) is 4.72 Å². The van der Waals surface area contributed by atoms with E-state index in [1.807, 2.05) is 24.3 Å². The Labute approximate surface area is 160 Å². The molecule has 0 atom stereocenters. The Balaban J connectivity index is 1.53. The van der Waals surface area contributed by atoms with Crippen LogP contribution in [0.5, 0.6) is 5.75 Å². The normalized spacial score (nSPS) is 15.5. The molecule has 1 fully saturated rings. The molecule has 1 aliphatic heterocycles. The van der Waals surface area contributed by atoms with E-state index in [0.717, 1.165) is 11.3 Å². The molecule has 1 saturated heterocycles. The minimum atomic E-state index is -3.52. The summed E-state index contributed by atoms with van der Waals surface area (Å²) in [6.45, 7) is 1.09. The van der Waals surface area contributed by atoms with Crippen molar-refractivity contribution >= 4 is 15.9 Å². The summed E-state index contributed by atoms with van der Waals surface area (Å²) in [7, 11) is -1.92. The fourth-order valence-electron chi connectivity index (χ4n) is 3.20. The molecule has 1 N–H and O–H groups in total. The van der Waals surface area contributed by atoms with Gasteiger partial charge < -0.3 is 9.64 Å². The zero-order valence-electron chi connectivity index (χ0n) is 15.3. The summed E-state index contributed by atoms with van der Waals surface area (Å²) in [5, 5.41) is 0. The largest absolute Gasteiger partial charge is 0.497 e. The lowest BCUT2D eigenvalue weighted by Gasteiger charge is -2.32. The standard InChI is InChI=1S/C20H24N2O4S/c1-26-18-7-5-6-16(14-18)15-20(23)22-12-10-17(11-13-22)21-27(24,25)19-8-3-2-4-9-19/h2-9,14,17,21H,10-13,15H2,1H3. The van der Waals surface area contributed by atoms with Crippen molar-refractivity contribution in [2.45, 2.75) is 30.2 Å². The number of nitrogens with one attached hydrogen (secondary N) is 1. The maximum atomic E-state index is 12.5. The van der Waals surface area contributed by atoms with Crippen molar-refractivity contribution < 1.29 is 17.9 Å². The van der Waals surface area contributed by atoms with Gasteiger partial charge in [-0.15, -0.1) is 0 Å². The van der Waals surface area contributed by atoms with Crippen LogP contribution in [0.1, 0.15) is 18.4 Å². The maximum Gasteiger partial charge on any atom is 0.240 e. The number of piperidine rings is 1. The summed E-state index contributed by atoms with van der Waals surface area (Å²) in [6, 6.07) is 15.7. The Morgan fingerprint density at radius 1 is 1.11 bits per heavy atom. The van der Waals surface area contributed by atoms with Gasteiger partial charge in [-0.1, -0.05) is 30.3 Å². The first-order valence-corrected chi connectivity index (χ1v) is 10.4. The number of carbonyl (C=O) groups excluding carboxylic acids is 1. The first-order chi connectivity index (χ1) is 13.0. The van der Waals surface area contributed by atoms with Crippen molar-refractivity contribution in [2.75, 3.05) is 20.2 Å². The number of rotatable bonds is 6. The number of ether oxygens (including phenoxy) is 1. The zero-order valence-corrected chi connectivity index (χ0v) is 16.1. The molecule has 1 heterocycles. The second-order valence-electron chi connectivity index (χ2n) is 6.62. The Bertz CT molecular complexity index is 876. The fourth-order valence-corrected chi connectivity index (χ4v) is 4.53. The predicted octanol–water partition coefficient (Wildman–Crippen LogP) is 2.21. The van der Waals surface area contributed by atoms with Crippen LogP contribution in [0.25, 0.3) is 0 Å². The molecule has 0 unspecified atom stereocenters. The Kier molecular flexibility index (Phi) is 6.13. The summed E-state index contributed by atoms with van der Waals surface area (Å²) >= 11 is 0. The van der Waals surface area contributed by atoms with Crippen molar-refractivity contribution in [1.29, 1.82) is 0 Å². The number of hydrogen-bond acceptors (Lipinski definition) is 4. The van der Waals surface area contributed by atoms with E-state index in [4.69, 9.17) is 4.74 Å². The molecule has 1 aliphatic rings. The third-order valence-corrected chi connectivity index (χ3v) is 6.25. The molecule has 2 aromatic carbocycles. The predicted molar refractivity (Wildman–Crippen MR) is 103 cm³/mol. The van der Waals surface area contributed by atoms with Gasteiger partial charge in [-0.2, -0.15) is 0 Å². The monoisotopic (exact) mass is 388 g/mol. The van der Waals surface area contributed by atoms with Crippen molar-refractivity contribution in [3.05, 3.63) is 60.2 Å². The van der Waals surface area contributed by atoms with Gasteiger partial charge in [0, 0.05) is 19.1 Å². The molecule has 144 valence electrons. The second kappa shape index (κ2) is 8.54. The highest BCUT2D eigenvalue weighted by molar-refractivity contribution is 7.89. The van der Waals surface area contributed by atoms with Gasteiger partial charge in [-0.25, -0.2) is 13.1 Å². The van der Waals surface area contributed by atoms with Gasteiger partial charge in [-0.3, -0.25) is 4.79 Å². The van der Waals surface area contributed by atoms with Gasteiger partial charge >= 0.3 is 0 Å². The fraction of sp³-hybridized carbons (Fsp3) is 0.350. The van der Waals surface area contributed by atoms with Crippen molar-refractivity contribution in [3.63, 3.8) is 0 Å². The van der Waals surface area contributed by atoms with E-state index >= 15 is 0 Å². The van der Waals surface area contributed by atoms with Crippen LogP contribution in [-0.2, 0) is 21.2 Å². The molecule has 0 bridgehead atoms. The van der Waals surface area contributed by atoms with Crippen molar-refractivity contribution in [2.24, 2.45) is 0 Å². The van der Waals surface area contributed by atoms with E-state index in [1.165, 1.54) is 0 Å². The van der Waals surface area contributed by atoms with Gasteiger partial charge in [-0.05, 0) is 42.7 Å². The number of hydrogen-bond donors (Lipinski definition) is 1. The zero-order chi connectivity index (χ0) is 19.3. The average Bonchev–Trinajstić information content (AvgIpc) is 2.69. The van der Waals surface area contributed by atoms with Crippen LogP contribution < -0.4 is 9.46 Å². The summed E-state index contributed by atoms with van der Waals surface area (Å²) in [5.74, 6) is 0.780. The van der Waals surface area contributed by atoms with Crippen LogP contribution in [0.4, 0.5) is 0 Å². The summed E-state index contributed by atoms with van der Waals surface area (Å²) in [6.07, 6.45) is 1.53. The third-order valence-electron chi connectivity index (χ3n) is 4.71. The molecule has 0 radical (unpaired) electrons. The molecule has 0 saturated carbocycles. The number of nitrogens with zero attached hydrogens (tertiary/aromatic N) is 1. The van der Waals surface area contributed by atoms with Gasteiger partial charge in [0.1, 0.15) is 5.75 Å². The van der Waals surface area contributed by atoms with Gasteiger partial charge in [0.05, 0.1) is 18.4 Å². The van der Waals surface area contributed by atoms with Crippen LogP contribution in [0.2, 0.25) is 0 Å². The smallest absolute Gasteiger partial charge is 0.240 e. The Morgan fingerprint density at radius 2 is 1.81 bits per heavy atom. The number of methoxy groups -OCH3 is 1. The first kappa shape index (κ1) is 19.4. The topological polar surface area (TPSA) is 75.7 Å². The van der Waals surface area contributed by atoms with Crippen LogP contribution >= 0.6 is 0 Å². The molecule has 1 amide bonds. The molecule has 7 heteroatoms. The van der Waals surface area contributed by atoms with Crippen molar-refractivity contribution in [1.82, 2.24) is 9.62 Å². The van der Waals surface area contributed by atoms with Crippen molar-refractivity contribution in [3.8, 4) is 5.75 Å². The van der Waals surface area contributed by atoms with Crippen LogP contribution in [-0.4, -0.2) is 45.5 Å². The molecular formula is C20H24N2O4S. The highest BCUT2D eigenvalue weighted by atomic mass is 32.2. The number of sulfonamides is 1. The molecule has 2 aromatic rings. The second-order valence-corrected chi connectivity index (χ2v) is 8.33. The van der Waals surface area contributed by atoms with Crippen LogP contribution in [0.15, 0.2) is 59.5 Å². The molecule has 0 aromatic heterocycles. The summed E-state index contributed by atoms with van der Waals surface area (Å²) in [5.41, 5.74) is 0.909. The lowest BCUT2D eigenvalue weighted by atomic mass is 10.0. The Hall–Kier alpha value is -2.38. The van der Waals surface area contributed by atoms with E-state index in [9.17, 15) is 13.2 Å². The summed E-state index contributed by atoms with van der Waals surface area (Å²) in [4.78, 5) is 14.6. The molecule has 27 heavy (non-hydrogen) atoms.